The molecule has 0 aromatic heterocycles. The molecule has 1 aromatic carbocycles. The molecule has 1 rings (SSSR count). The number of para-hydroxylation sites is 1. The molecule has 5 heteroatoms. The van der Waals surface area contributed by atoms with E-state index in [1.807, 2.05) is 13.2 Å². The van der Waals surface area contributed by atoms with Gasteiger partial charge in [0, 0.05) is 11.8 Å². The molecule has 0 aliphatic carbocycles. The van der Waals surface area contributed by atoms with E-state index in [2.05, 4.69) is 5.32 Å². The smallest absolute Gasteiger partial charge is 0.253 e. The third-order valence-corrected chi connectivity index (χ3v) is 3.16. The standard InChI is InChI=1S/C12H18N2O2S/c1-8(7-17-3)14-12(15)9-5-4-6-10(16-2)11(9)13/h4-6,8H,7,13H2,1-3H3,(H,14,15). The summed E-state index contributed by atoms with van der Waals surface area (Å²) < 4.78 is 5.08. The summed E-state index contributed by atoms with van der Waals surface area (Å²) in [4.78, 5) is 12.0. The number of amides is 1. The van der Waals surface area contributed by atoms with Crippen molar-refractivity contribution in [3.63, 3.8) is 0 Å². The third-order valence-electron chi connectivity index (χ3n) is 2.32. The van der Waals surface area contributed by atoms with E-state index in [4.69, 9.17) is 10.5 Å². The Balaban J connectivity index is 2.82. The van der Waals surface area contributed by atoms with Crippen molar-refractivity contribution in [2.45, 2.75) is 13.0 Å². The third kappa shape index (κ3) is 3.56. The molecule has 0 aliphatic rings. The van der Waals surface area contributed by atoms with Gasteiger partial charge in [-0.05, 0) is 25.3 Å². The fourth-order valence-corrected chi connectivity index (χ4v) is 2.10. The van der Waals surface area contributed by atoms with E-state index in [1.54, 1.807) is 30.0 Å². The molecule has 0 aliphatic heterocycles. The molecule has 17 heavy (non-hydrogen) atoms. The van der Waals surface area contributed by atoms with Gasteiger partial charge in [0.15, 0.2) is 0 Å². The Morgan fingerprint density at radius 3 is 2.88 bits per heavy atom. The van der Waals surface area contributed by atoms with Crippen LogP contribution in [-0.2, 0) is 0 Å². The fourth-order valence-electron chi connectivity index (χ4n) is 1.51. The highest BCUT2D eigenvalue weighted by Gasteiger charge is 2.14. The number of ether oxygens (including phenoxy) is 1. The molecule has 3 N–H and O–H groups in total. The minimum atomic E-state index is -0.164. The molecule has 4 nitrogen and oxygen atoms in total. The summed E-state index contributed by atoms with van der Waals surface area (Å²) in [5, 5.41) is 2.89. The number of nitrogens with two attached hydrogens (primary N) is 1. The van der Waals surface area contributed by atoms with Crippen molar-refractivity contribution < 1.29 is 9.53 Å². The minimum Gasteiger partial charge on any atom is -0.495 e. The molecular weight excluding hydrogens is 236 g/mol. The lowest BCUT2D eigenvalue weighted by Crippen LogP contribution is -2.34. The molecule has 0 heterocycles. The summed E-state index contributed by atoms with van der Waals surface area (Å²) in [6.45, 7) is 1.96. The van der Waals surface area contributed by atoms with E-state index >= 15 is 0 Å². The summed E-state index contributed by atoms with van der Waals surface area (Å²) >= 11 is 1.69. The topological polar surface area (TPSA) is 64.3 Å². The Labute approximate surface area is 106 Å². The Morgan fingerprint density at radius 1 is 1.59 bits per heavy atom. The minimum absolute atomic E-state index is 0.114. The number of anilines is 1. The quantitative estimate of drug-likeness (QED) is 0.786. The molecule has 0 spiro atoms. The van der Waals surface area contributed by atoms with Crippen molar-refractivity contribution >= 4 is 23.4 Å². The van der Waals surface area contributed by atoms with E-state index in [0.29, 0.717) is 17.0 Å². The molecule has 0 fully saturated rings. The van der Waals surface area contributed by atoms with Gasteiger partial charge in [0.25, 0.3) is 5.91 Å². The van der Waals surface area contributed by atoms with Crippen molar-refractivity contribution in [3.05, 3.63) is 23.8 Å². The van der Waals surface area contributed by atoms with Gasteiger partial charge < -0.3 is 15.8 Å². The van der Waals surface area contributed by atoms with Crippen molar-refractivity contribution in [3.8, 4) is 5.75 Å². The molecule has 0 saturated carbocycles. The van der Waals surface area contributed by atoms with Gasteiger partial charge in [0.2, 0.25) is 0 Å². The molecule has 0 saturated heterocycles. The lowest BCUT2D eigenvalue weighted by molar-refractivity contribution is 0.0944. The molecule has 0 bridgehead atoms. The molecule has 1 unspecified atom stereocenters. The summed E-state index contributed by atoms with van der Waals surface area (Å²) in [7, 11) is 1.53. The normalized spacial score (nSPS) is 11.9. The first kappa shape index (κ1) is 13.7. The second-order valence-electron chi connectivity index (χ2n) is 3.75. The highest BCUT2D eigenvalue weighted by atomic mass is 32.2. The molecule has 1 atom stereocenters. The number of hydrogen-bond donors (Lipinski definition) is 2. The average molecular weight is 254 g/mol. The summed E-state index contributed by atoms with van der Waals surface area (Å²) in [6, 6.07) is 5.29. The molecule has 1 amide bonds. The number of thioether (sulfide) groups is 1. The number of hydrogen-bond acceptors (Lipinski definition) is 4. The van der Waals surface area contributed by atoms with Gasteiger partial charge in [-0.15, -0.1) is 0 Å². The number of nitrogen functional groups attached to an aromatic ring is 1. The maximum Gasteiger partial charge on any atom is 0.253 e. The van der Waals surface area contributed by atoms with E-state index in [0.717, 1.165) is 5.75 Å². The number of carbonyl (C=O) groups excluding carboxylic acids is 1. The molecular formula is C12H18N2O2S. The van der Waals surface area contributed by atoms with Crippen LogP contribution in [0.3, 0.4) is 0 Å². The lowest BCUT2D eigenvalue weighted by atomic mass is 10.1. The van der Waals surface area contributed by atoms with Gasteiger partial charge in [-0.1, -0.05) is 6.07 Å². The zero-order chi connectivity index (χ0) is 12.8. The highest BCUT2D eigenvalue weighted by Crippen LogP contribution is 2.24. The number of carbonyl (C=O) groups is 1. The number of nitrogens with one attached hydrogen (secondary N) is 1. The van der Waals surface area contributed by atoms with Crippen molar-refractivity contribution in [1.82, 2.24) is 5.32 Å². The average Bonchev–Trinajstić information content (AvgIpc) is 2.29. The predicted molar refractivity (Wildman–Crippen MR) is 72.7 cm³/mol. The number of rotatable bonds is 5. The highest BCUT2D eigenvalue weighted by molar-refractivity contribution is 7.98. The van der Waals surface area contributed by atoms with Crippen molar-refractivity contribution in [1.29, 1.82) is 0 Å². The monoisotopic (exact) mass is 254 g/mol. The van der Waals surface area contributed by atoms with E-state index < -0.39 is 0 Å². The second kappa shape index (κ2) is 6.39. The maximum atomic E-state index is 12.0. The Kier molecular flexibility index (Phi) is 5.15. The Bertz CT molecular complexity index is 396. The van der Waals surface area contributed by atoms with Gasteiger partial charge in [-0.25, -0.2) is 0 Å². The van der Waals surface area contributed by atoms with Crippen LogP contribution in [0.25, 0.3) is 0 Å². The van der Waals surface area contributed by atoms with E-state index in [9.17, 15) is 4.79 Å². The van der Waals surface area contributed by atoms with Gasteiger partial charge in [-0.3, -0.25) is 4.79 Å². The first-order valence-corrected chi connectivity index (χ1v) is 6.71. The van der Waals surface area contributed by atoms with Gasteiger partial charge in [0.1, 0.15) is 5.75 Å². The van der Waals surface area contributed by atoms with Crippen LogP contribution in [0.1, 0.15) is 17.3 Å². The van der Waals surface area contributed by atoms with Crippen LogP contribution in [-0.4, -0.2) is 31.1 Å². The van der Waals surface area contributed by atoms with Crippen LogP contribution in [0.15, 0.2) is 18.2 Å². The Morgan fingerprint density at radius 2 is 2.29 bits per heavy atom. The van der Waals surface area contributed by atoms with Gasteiger partial charge in [-0.2, -0.15) is 11.8 Å². The molecule has 1 aromatic rings. The van der Waals surface area contributed by atoms with Crippen LogP contribution >= 0.6 is 11.8 Å². The Hall–Kier alpha value is -1.36. The zero-order valence-electron chi connectivity index (χ0n) is 10.3. The fraction of sp³-hybridized carbons (Fsp3) is 0.417. The van der Waals surface area contributed by atoms with E-state index in [1.165, 1.54) is 7.11 Å². The van der Waals surface area contributed by atoms with Gasteiger partial charge >= 0.3 is 0 Å². The van der Waals surface area contributed by atoms with Crippen molar-refractivity contribution in [2.75, 3.05) is 24.9 Å². The zero-order valence-corrected chi connectivity index (χ0v) is 11.1. The summed E-state index contributed by atoms with van der Waals surface area (Å²) in [5.41, 5.74) is 6.69. The number of methoxy groups -OCH3 is 1. The first-order chi connectivity index (χ1) is 8.10. The maximum absolute atomic E-state index is 12.0. The predicted octanol–water partition coefficient (Wildman–Crippen LogP) is 1.76. The van der Waals surface area contributed by atoms with Crippen LogP contribution in [0.2, 0.25) is 0 Å². The summed E-state index contributed by atoms with van der Waals surface area (Å²) in [6.07, 6.45) is 2.00. The molecule has 0 radical (unpaired) electrons. The van der Waals surface area contributed by atoms with Crippen LogP contribution in [0, 0.1) is 0 Å². The number of benzene rings is 1. The van der Waals surface area contributed by atoms with Crippen molar-refractivity contribution in [2.24, 2.45) is 0 Å². The van der Waals surface area contributed by atoms with Crippen LogP contribution in [0.4, 0.5) is 5.69 Å². The lowest BCUT2D eigenvalue weighted by Gasteiger charge is -2.14. The second-order valence-corrected chi connectivity index (χ2v) is 4.66. The van der Waals surface area contributed by atoms with Gasteiger partial charge in [0.05, 0.1) is 18.4 Å². The summed E-state index contributed by atoms with van der Waals surface area (Å²) in [5.74, 6) is 1.23. The molecule has 94 valence electrons. The largest absolute Gasteiger partial charge is 0.495 e. The van der Waals surface area contributed by atoms with Crippen LogP contribution in [0.5, 0.6) is 5.75 Å². The van der Waals surface area contributed by atoms with E-state index in [-0.39, 0.29) is 11.9 Å². The SMILES string of the molecule is COc1cccc(C(=O)NC(C)CSC)c1N. The first-order valence-electron chi connectivity index (χ1n) is 5.32. The van der Waals surface area contributed by atoms with Crippen LogP contribution < -0.4 is 15.8 Å².